The molecule has 0 unspecified atom stereocenters. The first-order valence-electron chi connectivity index (χ1n) is 16.2. The number of benzene rings is 2. The van der Waals surface area contributed by atoms with E-state index in [1.54, 1.807) is 10.6 Å². The Kier molecular flexibility index (Phi) is 9.25. The van der Waals surface area contributed by atoms with Crippen molar-refractivity contribution in [3.63, 3.8) is 0 Å². The van der Waals surface area contributed by atoms with E-state index in [0.29, 0.717) is 31.3 Å². The summed E-state index contributed by atoms with van der Waals surface area (Å²) in [5, 5.41) is 14.3. The van der Waals surface area contributed by atoms with E-state index >= 15 is 0 Å². The molecule has 0 bridgehead atoms. The second-order valence-corrected chi connectivity index (χ2v) is 12.6. The third kappa shape index (κ3) is 6.87. The first kappa shape index (κ1) is 31.2. The van der Waals surface area contributed by atoms with E-state index < -0.39 is 0 Å². The fraction of sp³-hybridized carbons (Fsp3) is 0.361. The Morgan fingerprint density at radius 3 is 2.67 bits per heavy atom. The minimum Gasteiger partial charge on any atom is -0.350 e. The molecule has 3 N–H and O–H groups in total. The molecular formula is C36H43N9O. The van der Waals surface area contributed by atoms with Crippen LogP contribution in [0.3, 0.4) is 0 Å². The first-order valence-corrected chi connectivity index (χ1v) is 16.2. The predicted octanol–water partition coefficient (Wildman–Crippen LogP) is 6.15. The molecule has 1 aliphatic rings. The average Bonchev–Trinajstić information content (AvgIpc) is 3.68. The molecule has 4 heterocycles. The fourth-order valence-corrected chi connectivity index (χ4v) is 5.87. The number of fused-ring (bicyclic) bond motifs is 2. The Hall–Kier alpha value is -4.83. The largest absolute Gasteiger partial charge is 0.350 e. The fourth-order valence-electron chi connectivity index (χ4n) is 5.87. The average molecular weight is 618 g/mol. The lowest BCUT2D eigenvalue weighted by Crippen LogP contribution is -2.40. The number of anilines is 2. The maximum absolute atomic E-state index is 12.5. The second kappa shape index (κ2) is 13.7. The van der Waals surface area contributed by atoms with Gasteiger partial charge in [0.05, 0.1) is 17.4 Å². The topological polar surface area (TPSA) is 119 Å². The second-order valence-electron chi connectivity index (χ2n) is 12.6. The van der Waals surface area contributed by atoms with Crippen molar-refractivity contribution in [3.8, 4) is 5.69 Å². The van der Waals surface area contributed by atoms with Crippen LogP contribution >= 0.6 is 0 Å². The number of allylic oxidation sites excluding steroid dienone is 3. The summed E-state index contributed by atoms with van der Waals surface area (Å²) in [6, 6.07) is 14.6. The number of ketones is 1. The van der Waals surface area contributed by atoms with Gasteiger partial charge in [0, 0.05) is 49.2 Å². The van der Waals surface area contributed by atoms with Crippen LogP contribution in [-0.4, -0.2) is 54.3 Å². The summed E-state index contributed by atoms with van der Waals surface area (Å²) in [6.45, 7) is 12.3. The van der Waals surface area contributed by atoms with E-state index in [9.17, 15) is 4.79 Å². The van der Waals surface area contributed by atoms with Gasteiger partial charge in [0.15, 0.2) is 11.4 Å². The van der Waals surface area contributed by atoms with E-state index in [1.807, 2.05) is 42.1 Å². The molecule has 0 atom stereocenters. The van der Waals surface area contributed by atoms with Crippen LogP contribution < -0.4 is 16.0 Å². The third-order valence-corrected chi connectivity index (χ3v) is 8.53. The van der Waals surface area contributed by atoms with Crippen molar-refractivity contribution in [2.45, 2.75) is 71.4 Å². The molecule has 10 nitrogen and oxygen atoms in total. The Balaban J connectivity index is 1.25. The molecule has 1 aliphatic heterocycles. The SMILES string of the molecule is C=C(C)C/C=C/C(=O)CCc1cccc2cn(-c3ccccc3CNc3nc(N4CCC(N)CC4)nc4c(C(C)C)cnn34)nc12. The van der Waals surface area contributed by atoms with Crippen LogP contribution in [-0.2, 0) is 17.8 Å². The smallest absolute Gasteiger partial charge is 0.230 e. The Labute approximate surface area is 270 Å². The van der Waals surface area contributed by atoms with Gasteiger partial charge in [0.2, 0.25) is 11.9 Å². The number of para-hydroxylation sites is 1. The third-order valence-electron chi connectivity index (χ3n) is 8.53. The first-order chi connectivity index (χ1) is 22.3. The van der Waals surface area contributed by atoms with E-state index in [4.69, 9.17) is 20.8 Å². The van der Waals surface area contributed by atoms with Gasteiger partial charge in [0.25, 0.3) is 0 Å². The monoisotopic (exact) mass is 617 g/mol. The van der Waals surface area contributed by atoms with Crippen molar-refractivity contribution in [2.75, 3.05) is 23.3 Å². The summed E-state index contributed by atoms with van der Waals surface area (Å²) in [5.41, 5.74) is 13.1. The molecule has 0 radical (unpaired) electrons. The highest BCUT2D eigenvalue weighted by Gasteiger charge is 2.22. The Morgan fingerprint density at radius 2 is 1.89 bits per heavy atom. The predicted molar refractivity (Wildman–Crippen MR) is 185 cm³/mol. The summed E-state index contributed by atoms with van der Waals surface area (Å²) < 4.78 is 3.74. The number of nitrogens with two attached hydrogens (primary N) is 1. The molecule has 10 heteroatoms. The van der Waals surface area contributed by atoms with Gasteiger partial charge in [-0.3, -0.25) is 4.79 Å². The Morgan fingerprint density at radius 1 is 1.11 bits per heavy atom. The summed E-state index contributed by atoms with van der Waals surface area (Å²) in [4.78, 5) is 24.6. The summed E-state index contributed by atoms with van der Waals surface area (Å²) >= 11 is 0. The molecule has 0 spiro atoms. The maximum Gasteiger partial charge on any atom is 0.230 e. The quantitative estimate of drug-likeness (QED) is 0.126. The standard InChI is InChI=1S/C36H43N9O/c1-24(2)9-7-13-30(46)16-15-26-11-8-12-28-23-44(42-33(26)28)32-14-6-5-10-27(32)21-38-35-41-36(43-19-17-29(37)18-20-43)40-34-31(25(3)4)22-39-45(34)35/h5-8,10-14,22-23,25,29H,1,9,15-21,37H2,2-4H3,(H,38,40,41)/b13-7+. The van der Waals surface area contributed by atoms with Gasteiger partial charge in [-0.1, -0.05) is 68.5 Å². The van der Waals surface area contributed by atoms with Crippen LogP contribution in [0.15, 0.2) is 79.2 Å². The van der Waals surface area contributed by atoms with Crippen LogP contribution in [0.5, 0.6) is 0 Å². The normalized spacial score (nSPS) is 14.2. The van der Waals surface area contributed by atoms with Crippen molar-refractivity contribution in [2.24, 2.45) is 5.73 Å². The van der Waals surface area contributed by atoms with Crippen LogP contribution in [0, 0.1) is 0 Å². The molecule has 46 heavy (non-hydrogen) atoms. The number of nitrogens with one attached hydrogen (secondary N) is 1. The van der Waals surface area contributed by atoms with Gasteiger partial charge >= 0.3 is 0 Å². The number of carbonyl (C=O) groups is 1. The minimum atomic E-state index is 0.109. The minimum absolute atomic E-state index is 0.109. The molecule has 6 rings (SSSR count). The number of rotatable bonds is 12. The van der Waals surface area contributed by atoms with Crippen LogP contribution in [0.2, 0.25) is 0 Å². The Bertz CT molecular complexity index is 1890. The lowest BCUT2D eigenvalue weighted by molar-refractivity contribution is -0.114. The molecule has 3 aromatic heterocycles. The van der Waals surface area contributed by atoms with Gasteiger partial charge in [0.1, 0.15) is 0 Å². The highest BCUT2D eigenvalue weighted by Crippen LogP contribution is 2.26. The van der Waals surface area contributed by atoms with Gasteiger partial charge in [-0.25, -0.2) is 4.68 Å². The van der Waals surface area contributed by atoms with E-state index in [2.05, 4.69) is 66.2 Å². The van der Waals surface area contributed by atoms with E-state index in [-0.39, 0.29) is 17.7 Å². The van der Waals surface area contributed by atoms with Crippen molar-refractivity contribution in [1.29, 1.82) is 0 Å². The lowest BCUT2D eigenvalue weighted by atomic mass is 10.0. The van der Waals surface area contributed by atoms with Crippen LogP contribution in [0.4, 0.5) is 11.9 Å². The van der Waals surface area contributed by atoms with Gasteiger partial charge < -0.3 is 16.0 Å². The van der Waals surface area contributed by atoms with Gasteiger partial charge in [-0.15, -0.1) is 0 Å². The molecule has 5 aromatic rings. The maximum atomic E-state index is 12.5. The number of hydrogen-bond donors (Lipinski definition) is 2. The van der Waals surface area contributed by atoms with Crippen molar-refractivity contribution < 1.29 is 4.79 Å². The molecule has 1 saturated heterocycles. The molecule has 238 valence electrons. The number of aromatic nitrogens is 6. The van der Waals surface area contributed by atoms with Gasteiger partial charge in [-0.2, -0.15) is 24.7 Å². The molecule has 2 aromatic carbocycles. The van der Waals surface area contributed by atoms with Gasteiger partial charge in [-0.05, 0) is 61.8 Å². The highest BCUT2D eigenvalue weighted by atomic mass is 16.1. The van der Waals surface area contributed by atoms with Crippen molar-refractivity contribution in [1.82, 2.24) is 29.4 Å². The lowest BCUT2D eigenvalue weighted by Gasteiger charge is -2.30. The molecule has 1 fully saturated rings. The molecule has 0 saturated carbocycles. The van der Waals surface area contributed by atoms with Crippen molar-refractivity contribution in [3.05, 3.63) is 95.9 Å². The van der Waals surface area contributed by atoms with E-state index in [1.165, 1.54) is 0 Å². The summed E-state index contributed by atoms with van der Waals surface area (Å²) in [6.07, 6.45) is 11.1. The summed E-state index contributed by atoms with van der Waals surface area (Å²) in [7, 11) is 0. The van der Waals surface area contributed by atoms with Crippen molar-refractivity contribution >= 4 is 34.2 Å². The van der Waals surface area contributed by atoms with Crippen LogP contribution in [0.25, 0.3) is 22.2 Å². The summed E-state index contributed by atoms with van der Waals surface area (Å²) in [5.74, 6) is 1.73. The molecule has 0 amide bonds. The molecule has 0 aliphatic carbocycles. The number of piperidine rings is 1. The van der Waals surface area contributed by atoms with E-state index in [0.717, 1.165) is 76.9 Å². The highest BCUT2D eigenvalue weighted by molar-refractivity contribution is 5.90. The number of carbonyl (C=O) groups excluding carboxylic acids is 1. The zero-order valence-corrected chi connectivity index (χ0v) is 27.0. The zero-order valence-electron chi connectivity index (χ0n) is 27.0. The number of nitrogens with zero attached hydrogens (tertiary/aromatic N) is 7. The zero-order chi connectivity index (χ0) is 32.2. The number of hydrogen-bond acceptors (Lipinski definition) is 8. The van der Waals surface area contributed by atoms with Crippen LogP contribution in [0.1, 0.15) is 69.1 Å². The molecular weight excluding hydrogens is 574 g/mol. The number of aryl methyl sites for hydroxylation is 1.